The van der Waals surface area contributed by atoms with Crippen molar-refractivity contribution < 1.29 is 0 Å². The molecular weight excluding hydrogens is 291 g/mol. The summed E-state index contributed by atoms with van der Waals surface area (Å²) in [5.41, 5.74) is 4.87. The first kappa shape index (κ1) is 15.9. The van der Waals surface area contributed by atoms with Gasteiger partial charge in [-0.3, -0.25) is 0 Å². The predicted octanol–water partition coefficient (Wildman–Crippen LogP) is 3.33. The first-order valence-corrected chi connectivity index (χ1v) is 7.46. The number of halogens is 2. The van der Waals surface area contributed by atoms with E-state index in [1.165, 1.54) is 45.6 Å². The Morgan fingerprint density at radius 2 is 2.00 bits per heavy atom. The number of hydrogen-bond acceptors (Lipinski definition) is 2. The van der Waals surface area contributed by atoms with E-state index >= 15 is 0 Å². The van der Waals surface area contributed by atoms with Gasteiger partial charge in [-0.15, -0.1) is 24.8 Å². The molecule has 1 aromatic rings. The van der Waals surface area contributed by atoms with Gasteiger partial charge in [0.05, 0.1) is 0 Å². The molecule has 1 fully saturated rings. The molecule has 3 aliphatic rings. The van der Waals surface area contributed by atoms with E-state index in [0.717, 1.165) is 11.8 Å². The van der Waals surface area contributed by atoms with Crippen LogP contribution in [-0.4, -0.2) is 37.6 Å². The first-order chi connectivity index (χ1) is 8.86. The molecule has 0 amide bonds. The van der Waals surface area contributed by atoms with Gasteiger partial charge in [0.1, 0.15) is 0 Å². The van der Waals surface area contributed by atoms with Crippen LogP contribution in [0.2, 0.25) is 0 Å². The molecule has 20 heavy (non-hydrogen) atoms. The summed E-state index contributed by atoms with van der Waals surface area (Å²) in [4.78, 5) is 5.31. The Balaban J connectivity index is 0.000000735. The fourth-order valence-corrected chi connectivity index (χ4v) is 4.29. The maximum absolute atomic E-state index is 2.68. The zero-order valence-corrected chi connectivity index (χ0v) is 13.7. The minimum Gasteiger partial charge on any atom is -0.371 e. The van der Waals surface area contributed by atoms with Crippen molar-refractivity contribution in [1.82, 2.24) is 4.90 Å². The van der Waals surface area contributed by atoms with Crippen molar-refractivity contribution in [2.75, 3.05) is 37.6 Å². The quantitative estimate of drug-likeness (QED) is 0.784. The van der Waals surface area contributed by atoms with Crippen LogP contribution in [0.5, 0.6) is 0 Å². The van der Waals surface area contributed by atoms with E-state index in [4.69, 9.17) is 0 Å². The van der Waals surface area contributed by atoms with Gasteiger partial charge in [0.25, 0.3) is 0 Å². The monoisotopic (exact) mass is 314 g/mol. The molecular formula is C16H24Cl2N2. The number of hydrogen-bond donors (Lipinski definition) is 0. The number of likely N-dealkylation sites (N-methyl/N-ethyl adjacent to an activating group) is 1. The molecule has 2 atom stereocenters. The Kier molecular flexibility index (Phi) is 4.88. The number of para-hydroxylation sites is 1. The Labute approximate surface area is 134 Å². The van der Waals surface area contributed by atoms with Crippen LogP contribution in [0, 0.1) is 5.92 Å². The van der Waals surface area contributed by atoms with Crippen LogP contribution in [0.15, 0.2) is 18.2 Å². The SMILES string of the molecule is CCN1C[C@@H]2CN3CCCc4cccc(c43)[C@@H]2C1.Cl.Cl. The first-order valence-electron chi connectivity index (χ1n) is 7.46. The van der Waals surface area contributed by atoms with Gasteiger partial charge in [0.2, 0.25) is 0 Å². The van der Waals surface area contributed by atoms with Gasteiger partial charge >= 0.3 is 0 Å². The fraction of sp³-hybridized carbons (Fsp3) is 0.625. The molecule has 1 saturated heterocycles. The zero-order valence-electron chi connectivity index (χ0n) is 12.0. The van der Waals surface area contributed by atoms with Crippen LogP contribution in [0.1, 0.15) is 30.4 Å². The van der Waals surface area contributed by atoms with Crippen LogP contribution in [0.3, 0.4) is 0 Å². The van der Waals surface area contributed by atoms with E-state index in [1.807, 2.05) is 0 Å². The highest BCUT2D eigenvalue weighted by atomic mass is 35.5. The lowest BCUT2D eigenvalue weighted by Crippen LogP contribution is -2.40. The van der Waals surface area contributed by atoms with E-state index in [-0.39, 0.29) is 24.8 Å². The molecule has 0 aliphatic carbocycles. The topological polar surface area (TPSA) is 6.48 Å². The lowest BCUT2D eigenvalue weighted by atomic mass is 9.80. The fourth-order valence-electron chi connectivity index (χ4n) is 4.29. The maximum atomic E-state index is 2.68. The van der Waals surface area contributed by atoms with Crippen molar-refractivity contribution in [3.05, 3.63) is 29.3 Å². The molecule has 0 radical (unpaired) electrons. The third-order valence-corrected chi connectivity index (χ3v) is 5.16. The highest BCUT2D eigenvalue weighted by Crippen LogP contribution is 2.45. The third-order valence-electron chi connectivity index (χ3n) is 5.16. The van der Waals surface area contributed by atoms with E-state index < -0.39 is 0 Å². The Morgan fingerprint density at radius 3 is 2.80 bits per heavy atom. The number of nitrogens with zero attached hydrogens (tertiary/aromatic N) is 2. The minimum absolute atomic E-state index is 0. The summed E-state index contributed by atoms with van der Waals surface area (Å²) >= 11 is 0. The molecule has 3 aliphatic heterocycles. The lowest BCUT2D eigenvalue weighted by Gasteiger charge is -2.41. The molecule has 0 spiro atoms. The van der Waals surface area contributed by atoms with E-state index in [2.05, 4.69) is 34.9 Å². The summed E-state index contributed by atoms with van der Waals surface area (Å²) in [5, 5.41) is 0. The van der Waals surface area contributed by atoms with Gasteiger partial charge in [-0.1, -0.05) is 25.1 Å². The minimum atomic E-state index is 0. The molecule has 0 aromatic heterocycles. The molecule has 0 N–H and O–H groups in total. The van der Waals surface area contributed by atoms with Crippen molar-refractivity contribution in [3.63, 3.8) is 0 Å². The van der Waals surface area contributed by atoms with Crippen molar-refractivity contribution in [1.29, 1.82) is 0 Å². The summed E-state index contributed by atoms with van der Waals surface area (Å²) in [6, 6.07) is 7.03. The summed E-state index contributed by atoms with van der Waals surface area (Å²) in [5.74, 6) is 1.67. The smallest absolute Gasteiger partial charge is 0.0434 e. The highest BCUT2D eigenvalue weighted by Gasteiger charge is 2.40. The second kappa shape index (κ2) is 6.13. The lowest BCUT2D eigenvalue weighted by molar-refractivity contribution is 0.342. The highest BCUT2D eigenvalue weighted by molar-refractivity contribution is 5.85. The maximum Gasteiger partial charge on any atom is 0.0434 e. The van der Waals surface area contributed by atoms with E-state index in [0.29, 0.717) is 0 Å². The Hall–Kier alpha value is -0.440. The summed E-state index contributed by atoms with van der Waals surface area (Å²) in [6.07, 6.45) is 2.62. The van der Waals surface area contributed by atoms with Crippen LogP contribution in [0.25, 0.3) is 0 Å². The van der Waals surface area contributed by atoms with Crippen molar-refractivity contribution in [2.24, 2.45) is 5.92 Å². The molecule has 2 nitrogen and oxygen atoms in total. The number of anilines is 1. The third kappa shape index (κ3) is 2.32. The zero-order chi connectivity index (χ0) is 12.1. The number of benzene rings is 1. The van der Waals surface area contributed by atoms with Gasteiger partial charge in [0, 0.05) is 37.8 Å². The number of aryl methyl sites for hydroxylation is 1. The van der Waals surface area contributed by atoms with E-state index in [1.54, 1.807) is 16.8 Å². The number of likely N-dealkylation sites (tertiary alicyclic amines) is 1. The number of rotatable bonds is 1. The molecule has 4 rings (SSSR count). The average Bonchev–Trinajstić information content (AvgIpc) is 2.83. The van der Waals surface area contributed by atoms with Crippen LogP contribution < -0.4 is 4.90 Å². The largest absolute Gasteiger partial charge is 0.371 e. The van der Waals surface area contributed by atoms with Crippen molar-refractivity contribution >= 4 is 30.5 Å². The summed E-state index contributed by atoms with van der Waals surface area (Å²) in [7, 11) is 0. The van der Waals surface area contributed by atoms with Crippen LogP contribution >= 0.6 is 24.8 Å². The second-order valence-electron chi connectivity index (χ2n) is 6.12. The average molecular weight is 315 g/mol. The molecule has 0 saturated carbocycles. The van der Waals surface area contributed by atoms with Crippen molar-refractivity contribution in [2.45, 2.75) is 25.7 Å². The molecule has 1 aromatic carbocycles. The van der Waals surface area contributed by atoms with Gasteiger partial charge in [-0.2, -0.15) is 0 Å². The summed E-state index contributed by atoms with van der Waals surface area (Å²) in [6.45, 7) is 8.67. The standard InChI is InChI=1S/C16H22N2.2ClH/c1-2-17-9-13-10-18-8-4-6-12-5-3-7-14(16(12)18)15(13)11-17;;/h3,5,7,13,15H,2,4,6,8-11H2,1H3;2*1H/t13-,15-;;/m1../s1. The predicted molar refractivity (Wildman–Crippen MR) is 89.8 cm³/mol. The van der Waals surface area contributed by atoms with Gasteiger partial charge < -0.3 is 9.80 Å². The summed E-state index contributed by atoms with van der Waals surface area (Å²) < 4.78 is 0. The molecule has 0 bridgehead atoms. The van der Waals surface area contributed by atoms with Crippen LogP contribution in [-0.2, 0) is 6.42 Å². The molecule has 112 valence electrons. The van der Waals surface area contributed by atoms with Crippen molar-refractivity contribution in [3.8, 4) is 0 Å². The van der Waals surface area contributed by atoms with Gasteiger partial charge in [0.15, 0.2) is 0 Å². The van der Waals surface area contributed by atoms with Gasteiger partial charge in [-0.25, -0.2) is 0 Å². The number of fused-ring (bicyclic) bond motifs is 2. The van der Waals surface area contributed by atoms with Crippen LogP contribution in [0.4, 0.5) is 5.69 Å². The van der Waals surface area contributed by atoms with E-state index in [9.17, 15) is 0 Å². The normalized spacial score (nSPS) is 27.1. The molecule has 3 heterocycles. The Morgan fingerprint density at radius 1 is 1.15 bits per heavy atom. The molecule has 0 unspecified atom stereocenters. The molecule has 4 heteroatoms. The Bertz CT molecular complexity index is 478. The second-order valence-corrected chi connectivity index (χ2v) is 6.12. The van der Waals surface area contributed by atoms with Gasteiger partial charge in [-0.05, 0) is 36.4 Å².